The van der Waals surface area contributed by atoms with E-state index in [9.17, 15) is 10.1 Å². The van der Waals surface area contributed by atoms with Gasteiger partial charge in [0, 0.05) is 41.2 Å². The third-order valence-electron chi connectivity index (χ3n) is 6.17. The lowest BCUT2D eigenvalue weighted by Crippen LogP contribution is -2.14. The molecule has 0 saturated carbocycles. The van der Waals surface area contributed by atoms with E-state index in [0.29, 0.717) is 10.4 Å². The Morgan fingerprint density at radius 1 is 1.05 bits per heavy atom. The first-order valence-corrected chi connectivity index (χ1v) is 12.5. The van der Waals surface area contributed by atoms with Gasteiger partial charge in [0.15, 0.2) is 0 Å². The number of hydrogen-bond donors (Lipinski definition) is 0. The molecular weight excluding hydrogens is 484 g/mol. The van der Waals surface area contributed by atoms with Crippen LogP contribution in [-0.4, -0.2) is 24.9 Å². The lowest BCUT2D eigenvalue weighted by molar-refractivity contribution is -0.384. The number of nitro groups is 1. The predicted octanol–water partition coefficient (Wildman–Crippen LogP) is 6.43. The standard InChI is InChI=1S/C28H24N6O2S/c1-19-6-4-9-26(20(19)2)30-28-33(27(17-37-28)23-7-5-8-25(16-23)34(35)36)31-21(3)22-10-12-24(13-11-22)32-15-14-29-18-32/h4-18H,1-3H3. The van der Waals surface area contributed by atoms with Crippen LogP contribution in [0.3, 0.4) is 0 Å². The minimum atomic E-state index is -0.391. The Labute approximate surface area is 217 Å². The van der Waals surface area contributed by atoms with Gasteiger partial charge >= 0.3 is 0 Å². The minimum absolute atomic E-state index is 0.0269. The zero-order chi connectivity index (χ0) is 25.9. The fourth-order valence-electron chi connectivity index (χ4n) is 3.91. The average molecular weight is 509 g/mol. The molecule has 2 aromatic heterocycles. The Bertz CT molecular complexity index is 1680. The number of nitrogens with zero attached hydrogens (tertiary/aromatic N) is 6. The van der Waals surface area contributed by atoms with Gasteiger partial charge in [0.05, 0.1) is 28.3 Å². The number of non-ortho nitro benzene ring substituents is 1. The van der Waals surface area contributed by atoms with Crippen molar-refractivity contribution in [1.82, 2.24) is 14.2 Å². The molecule has 0 unspecified atom stereocenters. The smallest absolute Gasteiger partial charge is 0.270 e. The van der Waals surface area contributed by atoms with Crippen molar-refractivity contribution >= 4 is 28.4 Å². The van der Waals surface area contributed by atoms with Gasteiger partial charge in [0.1, 0.15) is 0 Å². The number of aromatic nitrogens is 3. The van der Waals surface area contributed by atoms with E-state index in [-0.39, 0.29) is 5.69 Å². The van der Waals surface area contributed by atoms with Gasteiger partial charge < -0.3 is 4.57 Å². The molecule has 8 nitrogen and oxygen atoms in total. The maximum Gasteiger partial charge on any atom is 0.270 e. The summed E-state index contributed by atoms with van der Waals surface area (Å²) in [4.78, 5) is 20.7. The Hall–Kier alpha value is -4.63. The second kappa shape index (κ2) is 10.2. The fourth-order valence-corrected chi connectivity index (χ4v) is 4.75. The summed E-state index contributed by atoms with van der Waals surface area (Å²) in [5, 5.41) is 18.3. The van der Waals surface area contributed by atoms with Crippen molar-refractivity contribution in [1.29, 1.82) is 0 Å². The van der Waals surface area contributed by atoms with Crippen LogP contribution < -0.4 is 4.80 Å². The fraction of sp³-hybridized carbons (Fsp3) is 0.107. The van der Waals surface area contributed by atoms with Crippen molar-refractivity contribution in [3.05, 3.63) is 122 Å². The van der Waals surface area contributed by atoms with Crippen LogP contribution in [0.2, 0.25) is 0 Å². The zero-order valence-electron chi connectivity index (χ0n) is 20.6. The van der Waals surface area contributed by atoms with Crippen LogP contribution in [0, 0.1) is 24.0 Å². The first-order valence-electron chi connectivity index (χ1n) is 11.6. The second-order valence-electron chi connectivity index (χ2n) is 8.56. The molecule has 0 bridgehead atoms. The summed E-state index contributed by atoms with van der Waals surface area (Å²) in [6.07, 6.45) is 5.39. The molecule has 0 atom stereocenters. The lowest BCUT2D eigenvalue weighted by Gasteiger charge is -2.08. The molecule has 5 rings (SSSR count). The Kier molecular flexibility index (Phi) is 6.61. The second-order valence-corrected chi connectivity index (χ2v) is 9.39. The average Bonchev–Trinajstić information content (AvgIpc) is 3.58. The molecule has 2 heterocycles. The summed E-state index contributed by atoms with van der Waals surface area (Å²) in [6, 6.07) is 20.6. The van der Waals surface area contributed by atoms with Crippen molar-refractivity contribution in [2.24, 2.45) is 10.1 Å². The highest BCUT2D eigenvalue weighted by Crippen LogP contribution is 2.26. The van der Waals surface area contributed by atoms with E-state index in [1.807, 2.05) is 72.5 Å². The SMILES string of the molecule is CC(=Nn1c(-c2cccc([N+](=O)[O-])c2)csc1=Nc1cccc(C)c1C)c1ccc(-n2ccnc2)cc1. The number of rotatable bonds is 6. The van der Waals surface area contributed by atoms with Crippen LogP contribution >= 0.6 is 11.3 Å². The highest BCUT2D eigenvalue weighted by Gasteiger charge is 2.13. The molecule has 0 aliphatic heterocycles. The van der Waals surface area contributed by atoms with E-state index in [0.717, 1.165) is 39.5 Å². The Morgan fingerprint density at radius 2 is 1.84 bits per heavy atom. The van der Waals surface area contributed by atoms with Crippen molar-refractivity contribution in [3.63, 3.8) is 0 Å². The van der Waals surface area contributed by atoms with E-state index in [1.54, 1.807) is 29.3 Å². The van der Waals surface area contributed by atoms with Gasteiger partial charge in [-0.2, -0.15) is 5.10 Å². The van der Waals surface area contributed by atoms with Crippen molar-refractivity contribution < 1.29 is 4.92 Å². The van der Waals surface area contributed by atoms with E-state index < -0.39 is 4.92 Å². The third kappa shape index (κ3) is 5.03. The monoisotopic (exact) mass is 508 g/mol. The van der Waals surface area contributed by atoms with Gasteiger partial charge in [-0.25, -0.2) is 14.7 Å². The van der Waals surface area contributed by atoms with Crippen LogP contribution in [0.5, 0.6) is 0 Å². The maximum atomic E-state index is 11.4. The molecular formula is C28H24N6O2S. The summed E-state index contributed by atoms with van der Waals surface area (Å²) in [6.45, 7) is 6.04. The number of benzene rings is 3. The number of aryl methyl sites for hydroxylation is 1. The van der Waals surface area contributed by atoms with E-state index in [2.05, 4.69) is 18.0 Å². The summed E-state index contributed by atoms with van der Waals surface area (Å²) in [7, 11) is 0. The topological polar surface area (TPSA) is 90.6 Å². The van der Waals surface area contributed by atoms with Crippen LogP contribution in [0.15, 0.2) is 101 Å². The molecule has 9 heteroatoms. The molecule has 0 N–H and O–H groups in total. The molecule has 0 amide bonds. The summed E-state index contributed by atoms with van der Waals surface area (Å²) in [5.74, 6) is 0. The highest BCUT2D eigenvalue weighted by atomic mass is 32.1. The van der Waals surface area contributed by atoms with Gasteiger partial charge in [-0.1, -0.05) is 36.4 Å². The highest BCUT2D eigenvalue weighted by molar-refractivity contribution is 7.07. The van der Waals surface area contributed by atoms with Gasteiger partial charge in [-0.15, -0.1) is 11.3 Å². The normalized spacial score (nSPS) is 12.2. The lowest BCUT2D eigenvalue weighted by atomic mass is 10.1. The van der Waals surface area contributed by atoms with E-state index in [1.165, 1.54) is 17.4 Å². The van der Waals surface area contributed by atoms with Crippen LogP contribution in [0.25, 0.3) is 16.9 Å². The molecule has 0 saturated heterocycles. The number of nitro benzene ring substituents is 1. The molecule has 0 radical (unpaired) electrons. The molecule has 0 spiro atoms. The molecule has 0 aliphatic carbocycles. The predicted molar refractivity (Wildman–Crippen MR) is 147 cm³/mol. The van der Waals surface area contributed by atoms with E-state index >= 15 is 0 Å². The van der Waals surface area contributed by atoms with E-state index in [4.69, 9.17) is 10.1 Å². The van der Waals surface area contributed by atoms with Crippen LogP contribution in [0.4, 0.5) is 11.4 Å². The minimum Gasteiger partial charge on any atom is -0.306 e. The maximum absolute atomic E-state index is 11.4. The Balaban J connectivity index is 1.64. The number of hydrogen-bond acceptors (Lipinski definition) is 6. The molecule has 5 aromatic rings. The molecule has 184 valence electrons. The quantitative estimate of drug-likeness (QED) is 0.150. The summed E-state index contributed by atoms with van der Waals surface area (Å²) in [5.41, 5.74) is 7.29. The van der Waals surface area contributed by atoms with Gasteiger partial charge in [0.2, 0.25) is 4.80 Å². The first-order chi connectivity index (χ1) is 17.9. The third-order valence-corrected chi connectivity index (χ3v) is 6.98. The summed E-state index contributed by atoms with van der Waals surface area (Å²) < 4.78 is 3.70. The Morgan fingerprint density at radius 3 is 2.57 bits per heavy atom. The van der Waals surface area contributed by atoms with Gasteiger partial charge in [-0.3, -0.25) is 10.1 Å². The van der Waals surface area contributed by atoms with Gasteiger partial charge in [-0.05, 0) is 55.7 Å². The molecule has 0 fully saturated rings. The van der Waals surface area contributed by atoms with Crippen molar-refractivity contribution in [3.8, 4) is 16.9 Å². The van der Waals surface area contributed by atoms with Crippen LogP contribution in [0.1, 0.15) is 23.6 Å². The largest absolute Gasteiger partial charge is 0.306 e. The molecule has 3 aromatic carbocycles. The zero-order valence-corrected chi connectivity index (χ0v) is 21.4. The first kappa shape index (κ1) is 24.1. The van der Waals surface area contributed by atoms with Gasteiger partial charge in [0.25, 0.3) is 5.69 Å². The molecule has 37 heavy (non-hydrogen) atoms. The van der Waals surface area contributed by atoms with Crippen molar-refractivity contribution in [2.75, 3.05) is 0 Å². The van der Waals surface area contributed by atoms with Crippen molar-refractivity contribution in [2.45, 2.75) is 20.8 Å². The summed E-state index contributed by atoms with van der Waals surface area (Å²) >= 11 is 1.44. The number of thiazole rings is 1. The molecule has 0 aliphatic rings. The number of imidazole rings is 1. The van der Waals surface area contributed by atoms with Crippen LogP contribution in [-0.2, 0) is 0 Å².